The van der Waals surface area contributed by atoms with Crippen LogP contribution in [0.5, 0.6) is 0 Å². The van der Waals surface area contributed by atoms with Crippen LogP contribution >= 0.6 is 0 Å². The first kappa shape index (κ1) is 8.69. The second-order valence-corrected chi connectivity index (χ2v) is 3.10. The molecule has 2 rings (SSSR count). The summed E-state index contributed by atoms with van der Waals surface area (Å²) in [4.78, 5) is 10.4. The minimum atomic E-state index is 0.689. The number of carbonyl (C=O) groups excluding carboxylic acids is 1. The topological polar surface area (TPSA) is 34.9 Å². The highest BCUT2D eigenvalue weighted by atomic mass is 16.1. The van der Waals surface area contributed by atoms with Gasteiger partial charge in [0.2, 0.25) is 6.41 Å². The zero-order valence-electron chi connectivity index (χ0n) is 7.63. The van der Waals surface area contributed by atoms with E-state index in [-0.39, 0.29) is 0 Å². The van der Waals surface area contributed by atoms with Crippen LogP contribution in [0, 0.1) is 0 Å². The van der Waals surface area contributed by atoms with E-state index in [1.54, 1.807) is 12.4 Å². The van der Waals surface area contributed by atoms with Crippen LogP contribution in [0.3, 0.4) is 0 Å². The maximum absolute atomic E-state index is 10.4. The van der Waals surface area contributed by atoms with Crippen LogP contribution in [0.15, 0.2) is 42.7 Å². The minimum Gasteiger partial charge on any atom is -0.276 e. The van der Waals surface area contributed by atoms with Gasteiger partial charge in [-0.05, 0) is 11.1 Å². The lowest BCUT2D eigenvalue weighted by Gasteiger charge is -1.95. The van der Waals surface area contributed by atoms with Gasteiger partial charge in [0.1, 0.15) is 0 Å². The molecule has 0 aliphatic heterocycles. The van der Waals surface area contributed by atoms with Gasteiger partial charge in [0.05, 0.1) is 6.20 Å². The Labute approximate surface area is 82.0 Å². The van der Waals surface area contributed by atoms with Crippen LogP contribution in [0.1, 0.15) is 11.1 Å². The Kier molecular flexibility index (Phi) is 2.40. The molecule has 0 aliphatic carbocycles. The maximum atomic E-state index is 10.4. The van der Waals surface area contributed by atoms with E-state index in [0.29, 0.717) is 6.41 Å². The Bertz CT molecular complexity index is 420. The number of hydrogen-bond donors (Lipinski definition) is 0. The smallest absolute Gasteiger partial charge is 0.234 e. The van der Waals surface area contributed by atoms with Crippen molar-refractivity contribution in [3.05, 3.63) is 53.9 Å². The summed E-state index contributed by atoms with van der Waals surface area (Å²) < 4.78 is 1.28. The monoisotopic (exact) mass is 186 g/mol. The van der Waals surface area contributed by atoms with Crippen molar-refractivity contribution < 1.29 is 4.79 Å². The van der Waals surface area contributed by atoms with E-state index in [1.807, 2.05) is 18.2 Å². The zero-order valence-corrected chi connectivity index (χ0v) is 7.63. The summed E-state index contributed by atoms with van der Waals surface area (Å²) in [6.07, 6.45) is 4.95. The van der Waals surface area contributed by atoms with Crippen LogP contribution in [0.4, 0.5) is 0 Å². The number of nitrogens with zero attached hydrogens (tertiary/aromatic N) is 2. The van der Waals surface area contributed by atoms with Crippen LogP contribution < -0.4 is 0 Å². The van der Waals surface area contributed by atoms with Crippen LogP contribution in [-0.4, -0.2) is 16.2 Å². The lowest BCUT2D eigenvalue weighted by atomic mass is 10.1. The number of rotatable bonds is 3. The molecular weight excluding hydrogens is 176 g/mol. The van der Waals surface area contributed by atoms with Crippen molar-refractivity contribution >= 4 is 6.41 Å². The highest BCUT2D eigenvalue weighted by Gasteiger charge is 1.98. The molecule has 1 aromatic carbocycles. The molecule has 0 aliphatic rings. The Morgan fingerprint density at radius 2 is 2.00 bits per heavy atom. The quantitative estimate of drug-likeness (QED) is 0.681. The molecule has 70 valence electrons. The first-order valence-corrected chi connectivity index (χ1v) is 4.41. The first-order chi connectivity index (χ1) is 6.88. The predicted molar refractivity (Wildman–Crippen MR) is 53.6 cm³/mol. The summed E-state index contributed by atoms with van der Waals surface area (Å²) in [5, 5.41) is 3.88. The Hall–Kier alpha value is -1.90. The molecule has 0 spiro atoms. The summed E-state index contributed by atoms with van der Waals surface area (Å²) in [6, 6.07) is 10.1. The number of hydrogen-bond acceptors (Lipinski definition) is 2. The highest BCUT2D eigenvalue weighted by Crippen LogP contribution is 2.07. The third-order valence-corrected chi connectivity index (χ3v) is 2.01. The van der Waals surface area contributed by atoms with Gasteiger partial charge < -0.3 is 0 Å². The molecule has 0 unspecified atom stereocenters. The summed E-state index contributed by atoms with van der Waals surface area (Å²) in [5.41, 5.74) is 2.27. The average Bonchev–Trinajstić information content (AvgIpc) is 2.67. The molecule has 3 nitrogen and oxygen atoms in total. The van der Waals surface area contributed by atoms with Crippen LogP contribution in [-0.2, 0) is 11.2 Å². The van der Waals surface area contributed by atoms with Gasteiger partial charge in [0, 0.05) is 12.6 Å². The first-order valence-electron chi connectivity index (χ1n) is 4.41. The Morgan fingerprint density at radius 3 is 2.64 bits per heavy atom. The van der Waals surface area contributed by atoms with E-state index in [1.165, 1.54) is 10.2 Å². The minimum absolute atomic E-state index is 0.689. The Morgan fingerprint density at radius 1 is 1.21 bits per heavy atom. The van der Waals surface area contributed by atoms with E-state index >= 15 is 0 Å². The lowest BCUT2D eigenvalue weighted by molar-refractivity contribution is 0.540. The fourth-order valence-electron chi connectivity index (χ4n) is 1.36. The van der Waals surface area contributed by atoms with E-state index in [4.69, 9.17) is 0 Å². The van der Waals surface area contributed by atoms with E-state index in [2.05, 4.69) is 17.2 Å². The summed E-state index contributed by atoms with van der Waals surface area (Å²) in [6.45, 7) is 0. The molecular formula is C11H10N2O. The highest BCUT2D eigenvalue weighted by molar-refractivity contribution is 5.50. The molecule has 0 saturated carbocycles. The van der Waals surface area contributed by atoms with Gasteiger partial charge in [-0.25, -0.2) is 4.68 Å². The molecule has 2 aromatic rings. The fourth-order valence-corrected chi connectivity index (χ4v) is 1.36. The zero-order chi connectivity index (χ0) is 9.80. The van der Waals surface area contributed by atoms with Gasteiger partial charge in [0.15, 0.2) is 0 Å². The number of aromatic nitrogens is 2. The van der Waals surface area contributed by atoms with E-state index in [0.717, 1.165) is 12.0 Å². The fraction of sp³-hybridized carbons (Fsp3) is 0.0909. The number of benzene rings is 1. The normalized spacial score (nSPS) is 10.0. The third-order valence-electron chi connectivity index (χ3n) is 2.01. The molecule has 0 N–H and O–H groups in total. The van der Waals surface area contributed by atoms with Crippen molar-refractivity contribution in [3.8, 4) is 0 Å². The standard InChI is InChI=1S/C11H10N2O/c14-9-13-8-11(7-12-13)6-10-4-2-1-3-5-10/h1-5,7-9H,6H2. The lowest BCUT2D eigenvalue weighted by Crippen LogP contribution is -1.93. The molecule has 0 amide bonds. The molecule has 3 heteroatoms. The summed E-state index contributed by atoms with van der Waals surface area (Å²) >= 11 is 0. The Balaban J connectivity index is 2.15. The van der Waals surface area contributed by atoms with Crippen molar-refractivity contribution in [2.24, 2.45) is 0 Å². The molecule has 0 fully saturated rings. The predicted octanol–water partition coefficient (Wildman–Crippen LogP) is 1.51. The third kappa shape index (κ3) is 1.88. The van der Waals surface area contributed by atoms with Gasteiger partial charge >= 0.3 is 0 Å². The molecule has 1 aromatic heterocycles. The van der Waals surface area contributed by atoms with Crippen molar-refractivity contribution in [3.63, 3.8) is 0 Å². The van der Waals surface area contributed by atoms with Gasteiger partial charge in [-0.15, -0.1) is 0 Å². The number of carbonyl (C=O) groups is 1. The average molecular weight is 186 g/mol. The van der Waals surface area contributed by atoms with Gasteiger partial charge in [-0.2, -0.15) is 5.10 Å². The van der Waals surface area contributed by atoms with Crippen molar-refractivity contribution in [2.75, 3.05) is 0 Å². The van der Waals surface area contributed by atoms with Crippen molar-refractivity contribution in [2.45, 2.75) is 6.42 Å². The van der Waals surface area contributed by atoms with Crippen molar-refractivity contribution in [1.29, 1.82) is 0 Å². The molecule has 0 atom stereocenters. The van der Waals surface area contributed by atoms with Crippen molar-refractivity contribution in [1.82, 2.24) is 9.78 Å². The molecule has 0 bridgehead atoms. The molecule has 1 heterocycles. The SMILES string of the molecule is O=Cn1cc(Cc2ccccc2)cn1. The second kappa shape index (κ2) is 3.87. The van der Waals surface area contributed by atoms with Gasteiger partial charge in [-0.3, -0.25) is 4.79 Å². The second-order valence-electron chi connectivity index (χ2n) is 3.10. The van der Waals surface area contributed by atoms with Gasteiger partial charge in [-0.1, -0.05) is 30.3 Å². The summed E-state index contributed by atoms with van der Waals surface area (Å²) in [5.74, 6) is 0. The summed E-state index contributed by atoms with van der Waals surface area (Å²) in [7, 11) is 0. The van der Waals surface area contributed by atoms with E-state index < -0.39 is 0 Å². The van der Waals surface area contributed by atoms with Gasteiger partial charge in [0.25, 0.3) is 0 Å². The maximum Gasteiger partial charge on any atom is 0.234 e. The van der Waals surface area contributed by atoms with Crippen LogP contribution in [0.2, 0.25) is 0 Å². The molecule has 0 radical (unpaired) electrons. The molecule has 0 saturated heterocycles. The largest absolute Gasteiger partial charge is 0.276 e. The molecule has 14 heavy (non-hydrogen) atoms. The van der Waals surface area contributed by atoms with E-state index in [9.17, 15) is 4.79 Å². The van der Waals surface area contributed by atoms with Crippen LogP contribution in [0.25, 0.3) is 0 Å².